The van der Waals surface area contributed by atoms with Crippen molar-refractivity contribution in [2.45, 2.75) is 19.4 Å². The third-order valence-corrected chi connectivity index (χ3v) is 4.38. The molecule has 8 heteroatoms. The molecular formula is C20H20F3N3O2. The highest BCUT2D eigenvalue weighted by atomic mass is 19.1. The fourth-order valence-electron chi connectivity index (χ4n) is 3.02. The van der Waals surface area contributed by atoms with Gasteiger partial charge in [-0.05, 0) is 54.8 Å². The zero-order valence-corrected chi connectivity index (χ0v) is 15.2. The number of aliphatic hydroxyl groups is 1. The predicted octanol–water partition coefficient (Wildman–Crippen LogP) is 3.47. The molecular weight excluding hydrogens is 371 g/mol. The van der Waals surface area contributed by atoms with Crippen LogP contribution in [-0.4, -0.2) is 35.3 Å². The number of urea groups is 1. The van der Waals surface area contributed by atoms with Crippen molar-refractivity contribution in [1.82, 2.24) is 15.6 Å². The van der Waals surface area contributed by atoms with E-state index in [-0.39, 0.29) is 25.1 Å². The standard InChI is InChI=1S/C20H20F3N3O2/c1-11(10-27)25-20(28)24-7-6-15-16-8-14(22)9-17(23)19(16)26-18(15)12-2-4-13(21)5-3-12/h2-5,8-9,11,26-27H,6-7,10H2,1H3,(H2,24,25,28)/t11-/m1/s1. The van der Waals surface area contributed by atoms with E-state index >= 15 is 0 Å². The third-order valence-electron chi connectivity index (χ3n) is 4.38. The van der Waals surface area contributed by atoms with Crippen molar-refractivity contribution in [3.8, 4) is 11.3 Å². The van der Waals surface area contributed by atoms with Crippen molar-refractivity contribution in [2.24, 2.45) is 0 Å². The van der Waals surface area contributed by atoms with Gasteiger partial charge in [-0.1, -0.05) is 0 Å². The number of aromatic amines is 1. The highest BCUT2D eigenvalue weighted by molar-refractivity contribution is 5.91. The summed E-state index contributed by atoms with van der Waals surface area (Å²) in [7, 11) is 0. The van der Waals surface area contributed by atoms with Crippen LogP contribution in [0.25, 0.3) is 22.2 Å². The van der Waals surface area contributed by atoms with Gasteiger partial charge >= 0.3 is 6.03 Å². The van der Waals surface area contributed by atoms with E-state index in [1.165, 1.54) is 18.2 Å². The molecule has 0 aliphatic carbocycles. The second-order valence-electron chi connectivity index (χ2n) is 6.53. The molecule has 0 aliphatic heterocycles. The molecule has 3 aromatic rings. The zero-order chi connectivity index (χ0) is 20.3. The number of aliphatic hydroxyl groups excluding tert-OH is 1. The molecule has 0 bridgehead atoms. The number of aromatic nitrogens is 1. The van der Waals surface area contributed by atoms with Crippen LogP contribution < -0.4 is 10.6 Å². The van der Waals surface area contributed by atoms with Crippen LogP contribution in [-0.2, 0) is 6.42 Å². The van der Waals surface area contributed by atoms with E-state index in [0.717, 1.165) is 6.07 Å². The summed E-state index contributed by atoms with van der Waals surface area (Å²) in [5.74, 6) is -1.85. The first-order valence-corrected chi connectivity index (χ1v) is 8.79. The number of nitrogens with one attached hydrogen (secondary N) is 3. The Morgan fingerprint density at radius 1 is 1.14 bits per heavy atom. The predicted molar refractivity (Wildman–Crippen MR) is 100 cm³/mol. The monoisotopic (exact) mass is 391 g/mol. The first kappa shape index (κ1) is 19.8. The molecule has 0 saturated heterocycles. The maximum Gasteiger partial charge on any atom is 0.315 e. The first-order valence-electron chi connectivity index (χ1n) is 8.79. The van der Waals surface area contributed by atoms with E-state index in [2.05, 4.69) is 15.6 Å². The van der Waals surface area contributed by atoms with Gasteiger partial charge in [-0.3, -0.25) is 0 Å². The second kappa shape index (κ2) is 8.35. The highest BCUT2D eigenvalue weighted by Gasteiger charge is 2.17. The average Bonchev–Trinajstić information content (AvgIpc) is 3.01. The number of hydrogen-bond donors (Lipinski definition) is 4. The van der Waals surface area contributed by atoms with Gasteiger partial charge in [0.2, 0.25) is 0 Å². The number of halogens is 3. The fraction of sp³-hybridized carbons (Fsp3) is 0.250. The normalized spacial score (nSPS) is 12.2. The number of carbonyl (C=O) groups excluding carboxylic acids is 1. The third kappa shape index (κ3) is 4.28. The van der Waals surface area contributed by atoms with Gasteiger partial charge in [-0.2, -0.15) is 0 Å². The van der Waals surface area contributed by atoms with Crippen molar-refractivity contribution in [3.05, 3.63) is 59.4 Å². The van der Waals surface area contributed by atoms with E-state index in [1.807, 2.05) is 0 Å². The van der Waals surface area contributed by atoms with E-state index in [0.29, 0.717) is 22.2 Å². The van der Waals surface area contributed by atoms with Gasteiger partial charge in [0.25, 0.3) is 0 Å². The SMILES string of the molecule is C[C@H](CO)NC(=O)NCCc1c(-c2ccc(F)cc2)[nH]c2c(F)cc(F)cc12. The number of H-pyrrole nitrogens is 1. The Labute approximate surface area is 159 Å². The lowest BCUT2D eigenvalue weighted by molar-refractivity contribution is 0.220. The van der Waals surface area contributed by atoms with Crippen LogP contribution in [0.2, 0.25) is 0 Å². The Morgan fingerprint density at radius 2 is 1.86 bits per heavy atom. The minimum absolute atomic E-state index is 0.147. The Hall–Kier alpha value is -3.00. The Morgan fingerprint density at radius 3 is 2.54 bits per heavy atom. The summed E-state index contributed by atoms with van der Waals surface area (Å²) < 4.78 is 41.2. The maximum absolute atomic E-state index is 14.2. The van der Waals surface area contributed by atoms with Gasteiger partial charge in [-0.15, -0.1) is 0 Å². The molecule has 0 saturated carbocycles. The summed E-state index contributed by atoms with van der Waals surface area (Å²) in [6.07, 6.45) is 0.288. The van der Waals surface area contributed by atoms with Crippen molar-refractivity contribution < 1.29 is 23.1 Å². The molecule has 28 heavy (non-hydrogen) atoms. The Kier molecular flexibility index (Phi) is 5.89. The number of hydrogen-bond acceptors (Lipinski definition) is 2. The highest BCUT2D eigenvalue weighted by Crippen LogP contribution is 2.32. The Balaban J connectivity index is 1.91. The zero-order valence-electron chi connectivity index (χ0n) is 15.2. The summed E-state index contributed by atoms with van der Waals surface area (Å²) in [5.41, 5.74) is 1.90. The summed E-state index contributed by atoms with van der Waals surface area (Å²) in [6, 6.07) is 6.81. The topological polar surface area (TPSA) is 77.2 Å². The lowest BCUT2D eigenvalue weighted by Gasteiger charge is -2.12. The number of carbonyl (C=O) groups is 1. The van der Waals surface area contributed by atoms with Crippen molar-refractivity contribution in [3.63, 3.8) is 0 Å². The van der Waals surface area contributed by atoms with Crippen LogP contribution in [0.4, 0.5) is 18.0 Å². The van der Waals surface area contributed by atoms with Gasteiger partial charge in [0.1, 0.15) is 17.5 Å². The van der Waals surface area contributed by atoms with Crippen LogP contribution in [0, 0.1) is 17.5 Å². The second-order valence-corrected chi connectivity index (χ2v) is 6.53. The van der Waals surface area contributed by atoms with Gasteiger partial charge in [-0.25, -0.2) is 18.0 Å². The molecule has 0 aliphatic rings. The molecule has 1 heterocycles. The maximum atomic E-state index is 14.2. The van der Waals surface area contributed by atoms with Crippen LogP contribution in [0.3, 0.4) is 0 Å². The van der Waals surface area contributed by atoms with E-state index in [4.69, 9.17) is 5.11 Å². The van der Waals surface area contributed by atoms with Crippen LogP contribution in [0.5, 0.6) is 0 Å². The van der Waals surface area contributed by atoms with Crippen molar-refractivity contribution >= 4 is 16.9 Å². The average molecular weight is 391 g/mol. The van der Waals surface area contributed by atoms with Gasteiger partial charge in [0.05, 0.1) is 18.2 Å². The quantitative estimate of drug-likeness (QED) is 0.519. The minimum atomic E-state index is -0.730. The molecule has 3 rings (SSSR count). The van der Waals surface area contributed by atoms with Crippen LogP contribution in [0.15, 0.2) is 36.4 Å². The number of fused-ring (bicyclic) bond motifs is 1. The molecule has 5 nitrogen and oxygen atoms in total. The Bertz CT molecular complexity index is 987. The molecule has 0 radical (unpaired) electrons. The van der Waals surface area contributed by atoms with Crippen molar-refractivity contribution in [2.75, 3.05) is 13.2 Å². The molecule has 148 valence electrons. The summed E-state index contributed by atoms with van der Waals surface area (Å²) in [6.45, 7) is 1.66. The van der Waals surface area contributed by atoms with Crippen LogP contribution >= 0.6 is 0 Å². The summed E-state index contributed by atoms with van der Waals surface area (Å²) in [5, 5.41) is 14.5. The molecule has 1 atom stereocenters. The van der Waals surface area contributed by atoms with E-state index < -0.39 is 29.5 Å². The summed E-state index contributed by atoms with van der Waals surface area (Å²) >= 11 is 0. The molecule has 2 aromatic carbocycles. The number of benzene rings is 2. The van der Waals surface area contributed by atoms with Gasteiger partial charge < -0.3 is 20.7 Å². The first-order chi connectivity index (χ1) is 13.4. The van der Waals surface area contributed by atoms with Gasteiger partial charge in [0.15, 0.2) is 0 Å². The molecule has 4 N–H and O–H groups in total. The fourth-order valence-corrected chi connectivity index (χ4v) is 3.02. The molecule has 0 spiro atoms. The summed E-state index contributed by atoms with van der Waals surface area (Å²) in [4.78, 5) is 14.8. The largest absolute Gasteiger partial charge is 0.394 e. The lowest BCUT2D eigenvalue weighted by atomic mass is 10.0. The minimum Gasteiger partial charge on any atom is -0.394 e. The number of rotatable bonds is 6. The molecule has 0 fully saturated rings. The van der Waals surface area contributed by atoms with E-state index in [9.17, 15) is 18.0 Å². The smallest absolute Gasteiger partial charge is 0.315 e. The lowest BCUT2D eigenvalue weighted by Crippen LogP contribution is -2.42. The molecule has 1 aromatic heterocycles. The number of amides is 2. The van der Waals surface area contributed by atoms with E-state index in [1.54, 1.807) is 19.1 Å². The van der Waals surface area contributed by atoms with Crippen LogP contribution in [0.1, 0.15) is 12.5 Å². The van der Waals surface area contributed by atoms with Gasteiger partial charge in [0, 0.05) is 23.7 Å². The molecule has 2 amide bonds. The molecule has 0 unspecified atom stereocenters. The van der Waals surface area contributed by atoms with Crippen molar-refractivity contribution in [1.29, 1.82) is 0 Å².